The van der Waals surface area contributed by atoms with Gasteiger partial charge in [0.25, 0.3) is 0 Å². The molecule has 0 unspecified atom stereocenters. The van der Waals surface area contributed by atoms with E-state index in [0.29, 0.717) is 24.6 Å². The number of carbonyl (C=O) groups excluding carboxylic acids is 1. The van der Waals surface area contributed by atoms with Crippen molar-refractivity contribution >= 4 is 46.5 Å². The molecule has 2 aromatic heterocycles. The van der Waals surface area contributed by atoms with E-state index in [1.165, 1.54) is 0 Å². The third-order valence-corrected chi connectivity index (χ3v) is 4.62. The van der Waals surface area contributed by atoms with Crippen LogP contribution in [-0.2, 0) is 4.74 Å². The van der Waals surface area contributed by atoms with Crippen LogP contribution in [0.25, 0.3) is 10.9 Å². The van der Waals surface area contributed by atoms with Crippen LogP contribution in [0.15, 0.2) is 42.6 Å². The molecule has 12 heteroatoms. The minimum atomic E-state index is -0.379. The topological polar surface area (TPSA) is 219 Å². The molecule has 182 valence electrons. The monoisotopic (exact) mass is 491 g/mol. The lowest BCUT2D eigenvalue weighted by molar-refractivity contribution is 0.0520. The second-order valence-electron chi connectivity index (χ2n) is 5.80. The highest BCUT2D eigenvalue weighted by Crippen LogP contribution is 2.28. The Hall–Kier alpha value is -2.61. The fraction of sp³-hybridized carbons (Fsp3) is 0.300. The summed E-state index contributed by atoms with van der Waals surface area (Å²) < 4.78 is 11.4. The van der Waals surface area contributed by atoms with E-state index in [2.05, 4.69) is 16.2 Å². The van der Waals surface area contributed by atoms with Gasteiger partial charge in [-0.3, -0.25) is 0 Å². The van der Waals surface area contributed by atoms with E-state index in [1.54, 1.807) is 30.8 Å². The summed E-state index contributed by atoms with van der Waals surface area (Å²) in [4.78, 5) is 17.6. The van der Waals surface area contributed by atoms with E-state index in [9.17, 15) is 4.79 Å². The Balaban J connectivity index is -0.000000661. The smallest absolute Gasteiger partial charge is 0.354 e. The predicted octanol–water partition coefficient (Wildman–Crippen LogP) is 1.50. The molecule has 0 spiro atoms. The van der Waals surface area contributed by atoms with Crippen LogP contribution in [0.5, 0.6) is 5.75 Å². The number of nitrogens with two attached hydrogens (primary N) is 1. The van der Waals surface area contributed by atoms with Gasteiger partial charge in [0.1, 0.15) is 16.1 Å². The first-order chi connectivity index (χ1) is 13.5. The van der Waals surface area contributed by atoms with Crippen molar-refractivity contribution in [3.8, 4) is 5.75 Å². The number of ether oxygens (including phenoxy) is 2. The Kier molecular flexibility index (Phi) is 19.1. The van der Waals surface area contributed by atoms with Crippen molar-refractivity contribution in [2.45, 2.75) is 13.3 Å². The second kappa shape index (κ2) is 18.0. The van der Waals surface area contributed by atoms with Gasteiger partial charge in [0.05, 0.1) is 24.4 Å². The highest BCUT2D eigenvalue weighted by atomic mass is 32.2. The number of nitrogens with one attached hydrogen (secondary N) is 2. The SMILES string of the molecule is CCOC(=O)c1cc2cc(OCCCSC)cc(N)c2[nH]1.O.O.O.O.S=c1cccc[nH]1. The highest BCUT2D eigenvalue weighted by molar-refractivity contribution is 7.98. The van der Waals surface area contributed by atoms with Crippen molar-refractivity contribution in [3.05, 3.63) is 52.9 Å². The molecule has 32 heavy (non-hydrogen) atoms. The van der Waals surface area contributed by atoms with Crippen LogP contribution in [-0.4, -0.2) is 63.1 Å². The normalized spacial score (nSPS) is 8.94. The number of aromatic nitrogens is 2. The number of thioether (sulfide) groups is 1. The summed E-state index contributed by atoms with van der Waals surface area (Å²) >= 11 is 6.55. The van der Waals surface area contributed by atoms with Gasteiger partial charge in [-0.1, -0.05) is 18.3 Å². The molecule has 2 heterocycles. The number of anilines is 1. The van der Waals surface area contributed by atoms with Gasteiger partial charge in [0.15, 0.2) is 0 Å². The molecule has 0 aliphatic rings. The van der Waals surface area contributed by atoms with Gasteiger partial charge in [-0.2, -0.15) is 11.8 Å². The molecular weight excluding hydrogens is 458 g/mol. The molecule has 0 atom stereocenters. The molecular formula is C20H33N3O7S2. The summed E-state index contributed by atoms with van der Waals surface area (Å²) in [5, 5.41) is 0.845. The summed E-state index contributed by atoms with van der Waals surface area (Å²) in [6.45, 7) is 2.77. The third-order valence-electron chi connectivity index (χ3n) is 3.67. The number of benzene rings is 1. The lowest BCUT2D eigenvalue weighted by Gasteiger charge is -2.07. The van der Waals surface area contributed by atoms with Gasteiger partial charge in [0, 0.05) is 17.6 Å². The number of esters is 1. The van der Waals surface area contributed by atoms with Crippen molar-refractivity contribution in [3.63, 3.8) is 0 Å². The molecule has 1 aromatic carbocycles. The number of carbonyl (C=O) groups is 1. The minimum absolute atomic E-state index is 0. The van der Waals surface area contributed by atoms with E-state index in [1.807, 2.05) is 30.5 Å². The van der Waals surface area contributed by atoms with Gasteiger partial charge in [-0.05, 0) is 49.6 Å². The zero-order chi connectivity index (χ0) is 20.4. The van der Waals surface area contributed by atoms with Crippen LogP contribution in [0.4, 0.5) is 5.69 Å². The molecule has 0 saturated heterocycles. The fourth-order valence-corrected chi connectivity index (χ4v) is 2.97. The maximum Gasteiger partial charge on any atom is 0.354 e. The van der Waals surface area contributed by atoms with Crippen LogP contribution < -0.4 is 10.5 Å². The van der Waals surface area contributed by atoms with Crippen molar-refractivity contribution < 1.29 is 36.2 Å². The van der Waals surface area contributed by atoms with E-state index in [-0.39, 0.29) is 27.9 Å². The molecule has 10 nitrogen and oxygen atoms in total. The lowest BCUT2D eigenvalue weighted by atomic mass is 10.2. The summed E-state index contributed by atoms with van der Waals surface area (Å²) in [5.74, 6) is 1.40. The van der Waals surface area contributed by atoms with Crippen LogP contribution in [0.2, 0.25) is 0 Å². The molecule has 3 aromatic rings. The second-order valence-corrected chi connectivity index (χ2v) is 7.23. The van der Waals surface area contributed by atoms with E-state index < -0.39 is 0 Å². The Morgan fingerprint density at radius 3 is 2.41 bits per heavy atom. The molecule has 0 aliphatic carbocycles. The highest BCUT2D eigenvalue weighted by Gasteiger charge is 2.13. The summed E-state index contributed by atoms with van der Waals surface area (Å²) in [5.41, 5.74) is 7.70. The van der Waals surface area contributed by atoms with Crippen molar-refractivity contribution in [1.29, 1.82) is 0 Å². The van der Waals surface area contributed by atoms with Crippen molar-refractivity contribution in [2.24, 2.45) is 0 Å². The number of nitrogen functional groups attached to an aromatic ring is 1. The summed E-state index contributed by atoms with van der Waals surface area (Å²) in [6, 6.07) is 11.0. The molecule has 0 radical (unpaired) electrons. The molecule has 0 fully saturated rings. The first-order valence-corrected chi connectivity index (χ1v) is 10.7. The van der Waals surface area contributed by atoms with E-state index in [4.69, 9.17) is 27.4 Å². The van der Waals surface area contributed by atoms with Crippen LogP contribution >= 0.6 is 24.0 Å². The standard InChI is InChI=1S/C15H20N2O3S.C5H5NS.4H2O/c1-3-19-15(18)13-8-10-7-11(20-5-4-6-21-2)9-12(16)14(10)17-13;7-5-3-1-2-4-6-5;;;;/h7-9,17H,3-6,16H2,1-2H3;1-4H,(H,6,7);4*1H2. The van der Waals surface area contributed by atoms with E-state index in [0.717, 1.165) is 33.5 Å². The molecule has 3 rings (SSSR count). The molecule has 0 saturated carbocycles. The zero-order valence-electron chi connectivity index (χ0n) is 18.0. The van der Waals surface area contributed by atoms with Gasteiger partial charge in [-0.25, -0.2) is 4.79 Å². The summed E-state index contributed by atoms with van der Waals surface area (Å²) in [7, 11) is 0. The largest absolute Gasteiger partial charge is 0.493 e. The molecule has 12 N–H and O–H groups in total. The third kappa shape index (κ3) is 10.6. The fourth-order valence-electron chi connectivity index (χ4n) is 2.42. The van der Waals surface area contributed by atoms with Crippen LogP contribution in [0.3, 0.4) is 0 Å². The Morgan fingerprint density at radius 2 is 1.88 bits per heavy atom. The minimum Gasteiger partial charge on any atom is -0.493 e. The molecule has 0 aliphatic heterocycles. The maximum absolute atomic E-state index is 11.7. The average Bonchev–Trinajstić information content (AvgIpc) is 3.12. The Bertz CT molecular complexity index is 946. The zero-order valence-corrected chi connectivity index (χ0v) is 19.6. The number of pyridine rings is 1. The first-order valence-electron chi connectivity index (χ1n) is 8.90. The maximum atomic E-state index is 11.7. The van der Waals surface area contributed by atoms with Crippen LogP contribution in [0, 0.1) is 4.64 Å². The number of hydrogen-bond donors (Lipinski definition) is 3. The van der Waals surface area contributed by atoms with Crippen LogP contribution in [0.1, 0.15) is 23.8 Å². The molecule has 0 amide bonds. The average molecular weight is 492 g/mol. The van der Waals surface area contributed by atoms with Gasteiger partial charge in [0.2, 0.25) is 0 Å². The lowest BCUT2D eigenvalue weighted by Crippen LogP contribution is -2.04. The predicted molar refractivity (Wildman–Crippen MR) is 133 cm³/mol. The van der Waals surface area contributed by atoms with Gasteiger partial charge in [-0.15, -0.1) is 0 Å². The number of fused-ring (bicyclic) bond motifs is 1. The van der Waals surface area contributed by atoms with Crippen molar-refractivity contribution in [1.82, 2.24) is 9.97 Å². The Labute approximate surface area is 195 Å². The van der Waals surface area contributed by atoms with Gasteiger partial charge < -0.3 is 47.1 Å². The number of aromatic amines is 2. The Morgan fingerprint density at radius 1 is 1.16 bits per heavy atom. The number of hydrogen-bond acceptors (Lipinski definition) is 6. The summed E-state index contributed by atoms with van der Waals surface area (Å²) in [6.07, 6.45) is 4.86. The van der Waals surface area contributed by atoms with Crippen molar-refractivity contribution in [2.75, 3.05) is 31.0 Å². The first kappa shape index (κ1) is 34.0. The van der Waals surface area contributed by atoms with E-state index >= 15 is 0 Å². The van der Waals surface area contributed by atoms with Gasteiger partial charge >= 0.3 is 5.97 Å². The number of H-pyrrole nitrogens is 2. The number of rotatable bonds is 7. The molecule has 0 bridgehead atoms. The quantitative estimate of drug-likeness (QED) is 0.192.